The lowest BCUT2D eigenvalue weighted by Gasteiger charge is -2.13. The van der Waals surface area contributed by atoms with Crippen molar-refractivity contribution in [3.63, 3.8) is 0 Å². The molecule has 8 aromatic rings. The average Bonchev–Trinajstić information content (AvgIpc) is 3.77. The third-order valence-electron chi connectivity index (χ3n) is 10.6. The molecule has 2 aromatic carbocycles. The summed E-state index contributed by atoms with van der Waals surface area (Å²) in [7, 11) is -5.73. The van der Waals surface area contributed by atoms with E-state index in [2.05, 4.69) is 31.8 Å². The topological polar surface area (TPSA) is 219 Å². The van der Waals surface area contributed by atoms with Crippen LogP contribution >= 0.6 is 0 Å². The standard InChI is InChI=1S/C26H23N3O4S.C24H20N4O4S/c1-5-18-8-9-22-21(14-18)24(20-7-6-11-28-26(20)33-3)25(23(30)16-34(4,31)32)29(22)15-19-10-12-27-17(2)13-19;1-3-15-6-7-19-18(11-15)22(17-5-4-9-27-24(17)30)23(20(29)14-33(2,31)32)28(19)13-16-8-10-26-21(25)12-16/h1,6-14H,15-16H2,2-4H3;1,4-12H,13-14H2,2H3,(H2,25,26)(H,27,30). The molecule has 0 unspecified atom stereocenters. The van der Waals surface area contributed by atoms with Crippen molar-refractivity contribution in [2.45, 2.75) is 20.0 Å². The average molecular weight is 934 g/mol. The summed E-state index contributed by atoms with van der Waals surface area (Å²) >= 11 is 0. The maximum Gasteiger partial charge on any atom is 0.255 e. The fourth-order valence-corrected chi connectivity index (χ4v) is 9.20. The number of ether oxygens (including phenoxy) is 1. The van der Waals surface area contributed by atoms with Crippen LogP contribution < -0.4 is 16.0 Å². The Morgan fingerprint density at radius 2 is 1.22 bits per heavy atom. The summed E-state index contributed by atoms with van der Waals surface area (Å²) in [4.78, 5) is 54.8. The third-order valence-corrected chi connectivity index (χ3v) is 12.2. The SMILES string of the molecule is C#Cc1ccc2c(c1)c(-c1ccc[nH]c1=O)c(C(=O)CS(C)(=O)=O)n2Cc1ccnc(N)c1.C#Cc1ccc2c(c1)c(-c1cccnc1OC)c(C(=O)CS(C)(=O)=O)n2Cc1ccnc(C)c1. The van der Waals surface area contributed by atoms with E-state index in [-0.39, 0.29) is 23.5 Å². The van der Waals surface area contributed by atoms with E-state index in [4.69, 9.17) is 23.3 Å². The Morgan fingerprint density at radius 3 is 1.72 bits per heavy atom. The molecule has 0 bridgehead atoms. The number of hydrogen-bond acceptors (Lipinski definition) is 12. The highest BCUT2D eigenvalue weighted by Crippen LogP contribution is 2.40. The lowest BCUT2D eigenvalue weighted by Crippen LogP contribution is -2.20. The lowest BCUT2D eigenvalue weighted by atomic mass is 10.00. The summed E-state index contributed by atoms with van der Waals surface area (Å²) in [5, 5.41) is 1.28. The first-order chi connectivity index (χ1) is 31.9. The van der Waals surface area contributed by atoms with Gasteiger partial charge in [0.2, 0.25) is 5.88 Å². The summed E-state index contributed by atoms with van der Waals surface area (Å²) in [6.45, 7) is 2.43. The zero-order chi connectivity index (χ0) is 48.2. The van der Waals surface area contributed by atoms with E-state index in [1.807, 2.05) is 35.8 Å². The number of aryl methyl sites for hydroxylation is 1. The summed E-state index contributed by atoms with van der Waals surface area (Å²) < 4.78 is 57.3. The Kier molecular flexibility index (Phi) is 13.4. The van der Waals surface area contributed by atoms with Gasteiger partial charge in [0.1, 0.15) is 17.3 Å². The van der Waals surface area contributed by atoms with Crippen LogP contribution in [0.15, 0.2) is 115 Å². The van der Waals surface area contributed by atoms with E-state index >= 15 is 0 Å². The second kappa shape index (κ2) is 19.2. The van der Waals surface area contributed by atoms with Gasteiger partial charge in [0.25, 0.3) is 5.56 Å². The first kappa shape index (κ1) is 46.9. The highest BCUT2D eigenvalue weighted by molar-refractivity contribution is 7.91. The number of rotatable bonds is 13. The van der Waals surface area contributed by atoms with Crippen molar-refractivity contribution in [1.82, 2.24) is 29.1 Å². The molecule has 67 heavy (non-hydrogen) atoms. The van der Waals surface area contributed by atoms with Gasteiger partial charge in [-0.25, -0.2) is 26.8 Å². The number of nitrogens with zero attached hydrogens (tertiary/aromatic N) is 5. The normalized spacial score (nSPS) is 11.4. The first-order valence-corrected chi connectivity index (χ1v) is 24.5. The predicted molar refractivity (Wildman–Crippen MR) is 259 cm³/mol. The Balaban J connectivity index is 0.000000199. The van der Waals surface area contributed by atoms with Gasteiger partial charge in [0.15, 0.2) is 31.2 Å². The van der Waals surface area contributed by atoms with E-state index in [9.17, 15) is 31.2 Å². The van der Waals surface area contributed by atoms with Crippen molar-refractivity contribution >= 4 is 58.9 Å². The van der Waals surface area contributed by atoms with Gasteiger partial charge in [-0.3, -0.25) is 19.4 Å². The van der Waals surface area contributed by atoms with E-state index in [1.54, 1.807) is 83.8 Å². The fourth-order valence-electron chi connectivity index (χ4n) is 7.98. The number of H-pyrrole nitrogens is 1. The molecule has 17 heteroatoms. The van der Waals surface area contributed by atoms with Crippen LogP contribution in [0.25, 0.3) is 44.1 Å². The Morgan fingerprint density at radius 1 is 0.701 bits per heavy atom. The van der Waals surface area contributed by atoms with Crippen LogP contribution in [0.1, 0.15) is 48.9 Å². The van der Waals surface area contributed by atoms with Crippen LogP contribution in [-0.2, 0) is 32.8 Å². The molecule has 0 aliphatic rings. The molecule has 8 rings (SSSR count). The molecular formula is C50H43N7O8S2. The number of pyridine rings is 4. The minimum absolute atomic E-state index is 0.108. The molecule has 0 saturated carbocycles. The number of ketones is 2. The Bertz CT molecular complexity index is 3650. The molecule has 6 heterocycles. The van der Waals surface area contributed by atoms with Crippen molar-refractivity contribution in [2.75, 3.05) is 36.9 Å². The van der Waals surface area contributed by atoms with Crippen molar-refractivity contribution < 1.29 is 31.2 Å². The number of carbonyl (C=O) groups is 2. The summed E-state index contributed by atoms with van der Waals surface area (Å²) in [5.41, 5.74) is 12.5. The van der Waals surface area contributed by atoms with Crippen LogP contribution in [0.5, 0.6) is 5.88 Å². The number of fused-ring (bicyclic) bond motifs is 2. The van der Waals surface area contributed by atoms with E-state index in [0.29, 0.717) is 62.3 Å². The van der Waals surface area contributed by atoms with Gasteiger partial charge in [0, 0.05) is 111 Å². The van der Waals surface area contributed by atoms with Crippen LogP contribution in [0.2, 0.25) is 0 Å². The van der Waals surface area contributed by atoms with Crippen LogP contribution in [0, 0.1) is 31.6 Å². The molecule has 0 radical (unpaired) electrons. The molecule has 0 atom stereocenters. The second-order valence-corrected chi connectivity index (χ2v) is 20.0. The number of nitrogens with one attached hydrogen (secondary N) is 1. The molecule has 0 spiro atoms. The first-order valence-electron chi connectivity index (χ1n) is 20.4. The van der Waals surface area contributed by atoms with Gasteiger partial charge in [-0.15, -0.1) is 12.8 Å². The number of nitrogen functional groups attached to an aromatic ring is 1. The lowest BCUT2D eigenvalue weighted by molar-refractivity contribution is 0.100. The molecule has 0 amide bonds. The maximum absolute atomic E-state index is 13.5. The van der Waals surface area contributed by atoms with Crippen molar-refractivity contribution in [2.24, 2.45) is 0 Å². The predicted octanol–water partition coefficient (Wildman–Crippen LogP) is 5.90. The van der Waals surface area contributed by atoms with E-state index < -0.39 is 48.3 Å². The van der Waals surface area contributed by atoms with E-state index in [0.717, 1.165) is 34.8 Å². The van der Waals surface area contributed by atoms with Crippen molar-refractivity contribution in [3.8, 4) is 52.8 Å². The molecule has 0 saturated heterocycles. The number of methoxy groups -OCH3 is 1. The third kappa shape index (κ3) is 10.4. The quantitative estimate of drug-likeness (QED) is 0.102. The number of sulfone groups is 2. The van der Waals surface area contributed by atoms with Gasteiger partial charge in [0.05, 0.1) is 18.5 Å². The fraction of sp³-hybridized carbons (Fsp3) is 0.160. The molecule has 0 fully saturated rings. The number of aromatic nitrogens is 6. The number of anilines is 1. The number of hydrogen-bond donors (Lipinski definition) is 2. The minimum atomic E-state index is -3.64. The largest absolute Gasteiger partial charge is 0.481 e. The van der Waals surface area contributed by atoms with Crippen LogP contribution in [0.3, 0.4) is 0 Å². The highest BCUT2D eigenvalue weighted by atomic mass is 32.2. The monoisotopic (exact) mass is 933 g/mol. The highest BCUT2D eigenvalue weighted by Gasteiger charge is 2.30. The molecule has 15 nitrogen and oxygen atoms in total. The molecule has 338 valence electrons. The van der Waals surface area contributed by atoms with Gasteiger partial charge >= 0.3 is 0 Å². The van der Waals surface area contributed by atoms with Crippen LogP contribution in [0.4, 0.5) is 5.82 Å². The van der Waals surface area contributed by atoms with Gasteiger partial charge in [-0.1, -0.05) is 11.8 Å². The van der Waals surface area contributed by atoms with E-state index in [1.165, 1.54) is 13.3 Å². The molecule has 0 aliphatic heterocycles. The van der Waals surface area contributed by atoms with Gasteiger partial charge in [-0.05, 0) is 103 Å². The minimum Gasteiger partial charge on any atom is -0.481 e. The summed E-state index contributed by atoms with van der Waals surface area (Å²) in [6.07, 6.45) is 19.6. The van der Waals surface area contributed by atoms with Crippen LogP contribution in [-0.4, -0.2) is 88.6 Å². The van der Waals surface area contributed by atoms with Gasteiger partial charge in [-0.2, -0.15) is 0 Å². The number of aromatic amines is 1. The van der Waals surface area contributed by atoms with Gasteiger partial charge < -0.3 is 24.6 Å². The summed E-state index contributed by atoms with van der Waals surface area (Å²) in [5.74, 6) is 3.34. The smallest absolute Gasteiger partial charge is 0.255 e. The Labute approximate surface area is 386 Å². The molecular weight excluding hydrogens is 891 g/mol. The second-order valence-electron chi connectivity index (χ2n) is 15.7. The summed E-state index contributed by atoms with van der Waals surface area (Å²) in [6, 6.07) is 24.6. The Hall–Kier alpha value is -8.12. The zero-order valence-electron chi connectivity index (χ0n) is 36.8. The maximum atomic E-state index is 13.5. The number of terminal acetylenes is 2. The number of nitrogens with two attached hydrogens (primary N) is 1. The number of Topliss-reactive ketones (excluding diaryl/α,β-unsaturated/α-hetero) is 2. The molecule has 0 aliphatic carbocycles. The van der Waals surface area contributed by atoms with Crippen molar-refractivity contribution in [3.05, 3.63) is 159 Å². The molecule has 3 N–H and O–H groups in total. The molecule has 6 aromatic heterocycles. The number of benzene rings is 2. The van der Waals surface area contributed by atoms with Crippen molar-refractivity contribution in [1.29, 1.82) is 0 Å². The zero-order valence-corrected chi connectivity index (χ0v) is 38.4. The number of carbonyl (C=O) groups excluding carboxylic acids is 2.